The second kappa shape index (κ2) is 4.85. The average molecular weight is 235 g/mol. The van der Waals surface area contributed by atoms with Gasteiger partial charge in [0, 0.05) is 19.4 Å². The van der Waals surface area contributed by atoms with Crippen LogP contribution in [-0.2, 0) is 17.6 Å². The maximum atomic E-state index is 11.5. The Hall–Kier alpha value is -1.39. The van der Waals surface area contributed by atoms with E-state index in [1.54, 1.807) is 0 Å². The highest BCUT2D eigenvalue weighted by Gasteiger charge is 2.43. The van der Waals surface area contributed by atoms with Crippen LogP contribution in [0, 0.1) is 0 Å². The highest BCUT2D eigenvalue weighted by molar-refractivity contribution is 5.81. The Labute approximate surface area is 100 Å². The molecule has 1 aliphatic carbocycles. The van der Waals surface area contributed by atoms with Gasteiger partial charge in [-0.25, -0.2) is 0 Å². The van der Waals surface area contributed by atoms with Gasteiger partial charge in [-0.05, 0) is 24.1 Å². The van der Waals surface area contributed by atoms with Crippen LogP contribution in [0.15, 0.2) is 24.3 Å². The van der Waals surface area contributed by atoms with Crippen LogP contribution in [0.5, 0.6) is 0 Å². The Bertz CT molecular complexity index is 392. The first-order chi connectivity index (χ1) is 8.18. The van der Waals surface area contributed by atoms with Crippen molar-refractivity contribution in [3.8, 4) is 0 Å². The monoisotopic (exact) mass is 235 g/mol. The summed E-state index contributed by atoms with van der Waals surface area (Å²) in [5.74, 6) is -0.813. The average Bonchev–Trinajstić information content (AvgIpc) is 2.69. The zero-order valence-electron chi connectivity index (χ0n) is 9.65. The summed E-state index contributed by atoms with van der Waals surface area (Å²) in [4.78, 5) is 11.5. The van der Waals surface area contributed by atoms with Crippen molar-refractivity contribution in [3.05, 3.63) is 35.4 Å². The van der Waals surface area contributed by atoms with E-state index >= 15 is 0 Å². The minimum absolute atomic E-state index is 0.0790. The van der Waals surface area contributed by atoms with E-state index < -0.39 is 11.5 Å². The molecular weight excluding hydrogens is 218 g/mol. The van der Waals surface area contributed by atoms with Crippen LogP contribution < -0.4 is 5.32 Å². The second-order valence-electron chi connectivity index (χ2n) is 4.51. The lowest BCUT2D eigenvalue weighted by Crippen LogP contribution is -2.53. The van der Waals surface area contributed by atoms with E-state index in [9.17, 15) is 9.90 Å². The lowest BCUT2D eigenvalue weighted by molar-refractivity contribution is -0.144. The molecule has 17 heavy (non-hydrogen) atoms. The third kappa shape index (κ3) is 2.33. The fraction of sp³-hybridized carbons (Fsp3) is 0.462. The SMILES string of the molecule is O=C(O)C1(NCCCO)Cc2ccccc2C1. The molecule has 2 rings (SSSR count). The van der Waals surface area contributed by atoms with Gasteiger partial charge in [0.15, 0.2) is 0 Å². The molecule has 0 radical (unpaired) electrons. The first-order valence-electron chi connectivity index (χ1n) is 5.84. The van der Waals surface area contributed by atoms with Crippen molar-refractivity contribution in [2.75, 3.05) is 13.2 Å². The molecule has 3 N–H and O–H groups in total. The number of carbonyl (C=O) groups is 1. The molecular formula is C13H17NO3. The molecule has 0 amide bonds. The van der Waals surface area contributed by atoms with Crippen LogP contribution >= 0.6 is 0 Å². The Kier molecular flexibility index (Phi) is 3.45. The number of carboxylic acid groups (broad SMARTS) is 1. The second-order valence-corrected chi connectivity index (χ2v) is 4.51. The van der Waals surface area contributed by atoms with Gasteiger partial charge in [0.1, 0.15) is 5.54 Å². The summed E-state index contributed by atoms with van der Waals surface area (Å²) in [6, 6.07) is 7.83. The zero-order chi connectivity index (χ0) is 12.3. The van der Waals surface area contributed by atoms with Crippen LogP contribution in [0.25, 0.3) is 0 Å². The summed E-state index contributed by atoms with van der Waals surface area (Å²) in [6.45, 7) is 0.604. The van der Waals surface area contributed by atoms with Crippen molar-refractivity contribution in [2.24, 2.45) is 0 Å². The van der Waals surface area contributed by atoms with Crippen molar-refractivity contribution in [2.45, 2.75) is 24.8 Å². The van der Waals surface area contributed by atoms with Gasteiger partial charge >= 0.3 is 5.97 Å². The lowest BCUT2D eigenvalue weighted by Gasteiger charge is -2.25. The molecule has 0 spiro atoms. The number of nitrogens with one attached hydrogen (secondary N) is 1. The molecule has 1 aromatic rings. The Balaban J connectivity index is 2.14. The maximum Gasteiger partial charge on any atom is 0.324 e. The van der Waals surface area contributed by atoms with E-state index in [0.29, 0.717) is 25.8 Å². The first-order valence-corrected chi connectivity index (χ1v) is 5.84. The predicted octanol–water partition coefficient (Wildman–Crippen LogP) is 0.581. The van der Waals surface area contributed by atoms with Gasteiger partial charge < -0.3 is 15.5 Å². The van der Waals surface area contributed by atoms with Crippen molar-refractivity contribution in [1.82, 2.24) is 5.32 Å². The van der Waals surface area contributed by atoms with Crippen molar-refractivity contribution in [1.29, 1.82) is 0 Å². The number of aliphatic hydroxyl groups excluding tert-OH is 1. The number of aliphatic hydroxyl groups is 1. The Morgan fingerprint density at radius 1 is 1.29 bits per heavy atom. The minimum atomic E-state index is -0.890. The van der Waals surface area contributed by atoms with Crippen molar-refractivity contribution >= 4 is 5.97 Å². The number of fused-ring (bicyclic) bond motifs is 1. The molecule has 92 valence electrons. The number of hydrogen-bond acceptors (Lipinski definition) is 3. The Morgan fingerprint density at radius 2 is 1.88 bits per heavy atom. The zero-order valence-corrected chi connectivity index (χ0v) is 9.65. The van der Waals surface area contributed by atoms with Crippen LogP contribution in [0.4, 0.5) is 0 Å². The van der Waals surface area contributed by atoms with E-state index in [-0.39, 0.29) is 6.61 Å². The molecule has 0 unspecified atom stereocenters. The van der Waals surface area contributed by atoms with Gasteiger partial charge in [-0.15, -0.1) is 0 Å². The summed E-state index contributed by atoms with van der Waals surface area (Å²) in [5.41, 5.74) is 1.32. The highest BCUT2D eigenvalue weighted by atomic mass is 16.4. The number of rotatable bonds is 5. The van der Waals surface area contributed by atoms with Crippen LogP contribution in [0.1, 0.15) is 17.5 Å². The van der Waals surface area contributed by atoms with Crippen LogP contribution in [-0.4, -0.2) is 34.9 Å². The normalized spacial score (nSPS) is 16.8. The van der Waals surface area contributed by atoms with E-state index in [0.717, 1.165) is 11.1 Å². The molecule has 0 aliphatic heterocycles. The number of aliphatic carboxylic acids is 1. The summed E-state index contributed by atoms with van der Waals surface area (Å²) in [7, 11) is 0. The quantitative estimate of drug-likeness (QED) is 0.653. The predicted molar refractivity (Wildman–Crippen MR) is 63.9 cm³/mol. The van der Waals surface area contributed by atoms with Crippen LogP contribution in [0.3, 0.4) is 0 Å². The first kappa shape index (κ1) is 12.1. The van der Waals surface area contributed by atoms with Crippen molar-refractivity contribution in [3.63, 3.8) is 0 Å². The number of hydrogen-bond donors (Lipinski definition) is 3. The standard InChI is InChI=1S/C13H17NO3/c15-7-3-6-14-13(12(16)17)8-10-4-1-2-5-11(10)9-13/h1-2,4-5,14-15H,3,6-9H2,(H,16,17). The molecule has 0 fully saturated rings. The van der Waals surface area contributed by atoms with Gasteiger partial charge in [-0.1, -0.05) is 24.3 Å². The van der Waals surface area contributed by atoms with E-state index in [2.05, 4.69) is 5.32 Å². The van der Waals surface area contributed by atoms with Crippen LogP contribution in [0.2, 0.25) is 0 Å². The molecule has 0 saturated heterocycles. The molecule has 1 aromatic carbocycles. The summed E-state index contributed by atoms with van der Waals surface area (Å²) in [5, 5.41) is 21.2. The smallest absolute Gasteiger partial charge is 0.324 e. The van der Waals surface area contributed by atoms with E-state index in [1.807, 2.05) is 24.3 Å². The van der Waals surface area contributed by atoms with Gasteiger partial charge in [0.05, 0.1) is 0 Å². The summed E-state index contributed by atoms with van der Waals surface area (Å²) in [6.07, 6.45) is 1.61. The molecule has 0 aromatic heterocycles. The minimum Gasteiger partial charge on any atom is -0.480 e. The molecule has 4 heteroatoms. The molecule has 0 heterocycles. The maximum absolute atomic E-state index is 11.5. The number of benzene rings is 1. The van der Waals surface area contributed by atoms with E-state index in [4.69, 9.17) is 5.11 Å². The van der Waals surface area contributed by atoms with E-state index in [1.165, 1.54) is 0 Å². The largest absolute Gasteiger partial charge is 0.480 e. The fourth-order valence-corrected chi connectivity index (χ4v) is 2.37. The molecule has 0 bridgehead atoms. The highest BCUT2D eigenvalue weighted by Crippen LogP contribution is 2.30. The molecule has 4 nitrogen and oxygen atoms in total. The van der Waals surface area contributed by atoms with Gasteiger partial charge in [0.2, 0.25) is 0 Å². The van der Waals surface area contributed by atoms with Gasteiger partial charge in [-0.3, -0.25) is 4.79 Å². The summed E-state index contributed by atoms with van der Waals surface area (Å²) >= 11 is 0. The Morgan fingerprint density at radius 3 is 2.35 bits per heavy atom. The third-order valence-electron chi connectivity index (χ3n) is 3.31. The molecule has 0 saturated carbocycles. The topological polar surface area (TPSA) is 69.6 Å². The third-order valence-corrected chi connectivity index (χ3v) is 3.31. The number of carboxylic acids is 1. The fourth-order valence-electron chi connectivity index (χ4n) is 2.37. The van der Waals surface area contributed by atoms with Gasteiger partial charge in [0.25, 0.3) is 0 Å². The molecule has 0 atom stereocenters. The lowest BCUT2D eigenvalue weighted by atomic mass is 9.95. The van der Waals surface area contributed by atoms with Crippen molar-refractivity contribution < 1.29 is 15.0 Å². The molecule has 1 aliphatic rings. The van der Waals surface area contributed by atoms with Gasteiger partial charge in [-0.2, -0.15) is 0 Å². The summed E-state index contributed by atoms with van der Waals surface area (Å²) < 4.78 is 0.